The average molecular weight is 304 g/mol. The van der Waals surface area contributed by atoms with Gasteiger partial charge in [0.25, 0.3) is 0 Å². The predicted molar refractivity (Wildman–Crippen MR) is 86.0 cm³/mol. The molecule has 1 aromatic rings. The highest BCUT2D eigenvalue weighted by Crippen LogP contribution is 2.21. The zero-order valence-electron chi connectivity index (χ0n) is 13.3. The minimum absolute atomic E-state index is 0.0818. The van der Waals surface area contributed by atoms with Gasteiger partial charge in [-0.05, 0) is 31.4 Å². The number of carboxylic acid groups (broad SMARTS) is 1. The molecule has 1 saturated heterocycles. The van der Waals surface area contributed by atoms with Gasteiger partial charge >= 0.3 is 5.97 Å². The van der Waals surface area contributed by atoms with Crippen molar-refractivity contribution in [3.63, 3.8) is 0 Å². The van der Waals surface area contributed by atoms with Gasteiger partial charge in [0.2, 0.25) is 5.91 Å². The van der Waals surface area contributed by atoms with Crippen LogP contribution in [0.5, 0.6) is 0 Å². The van der Waals surface area contributed by atoms with E-state index in [0.29, 0.717) is 6.54 Å². The number of rotatable bonds is 6. The predicted octanol–water partition coefficient (Wildman–Crippen LogP) is 2.14. The monoisotopic (exact) mass is 304 g/mol. The van der Waals surface area contributed by atoms with Crippen LogP contribution in [0.3, 0.4) is 0 Å². The Labute approximate surface area is 131 Å². The minimum Gasteiger partial charge on any atom is -0.481 e. The molecule has 1 atom stereocenters. The zero-order valence-corrected chi connectivity index (χ0v) is 13.3. The molecule has 1 heterocycles. The van der Waals surface area contributed by atoms with Crippen LogP contribution in [0.25, 0.3) is 0 Å². The molecule has 1 unspecified atom stereocenters. The summed E-state index contributed by atoms with van der Waals surface area (Å²) in [5.41, 5.74) is 1.98. The Morgan fingerprint density at radius 2 is 1.91 bits per heavy atom. The highest BCUT2D eigenvalue weighted by molar-refractivity contribution is 5.82. The number of likely N-dealkylation sites (tertiary alicyclic amines) is 1. The van der Waals surface area contributed by atoms with E-state index < -0.39 is 11.9 Å². The number of hydrogen-bond donors (Lipinski definition) is 1. The summed E-state index contributed by atoms with van der Waals surface area (Å²) in [6.45, 7) is 5.86. The minimum atomic E-state index is -0.841. The molecule has 0 bridgehead atoms. The van der Waals surface area contributed by atoms with Crippen molar-refractivity contribution in [2.24, 2.45) is 5.92 Å². The standard InChI is InChI=1S/C17H24N2O3/c1-13-7-3-4-8-15(13)19(11-14(2)17(21)22)12-16(20)18-9-5-6-10-18/h3-4,7-8,14H,5-6,9-12H2,1-2H3,(H,21,22). The van der Waals surface area contributed by atoms with Crippen molar-refractivity contribution >= 4 is 17.6 Å². The Balaban J connectivity index is 2.15. The van der Waals surface area contributed by atoms with Gasteiger partial charge in [-0.2, -0.15) is 0 Å². The maximum absolute atomic E-state index is 12.4. The van der Waals surface area contributed by atoms with E-state index in [0.717, 1.165) is 37.2 Å². The number of carbonyl (C=O) groups excluding carboxylic acids is 1. The fraction of sp³-hybridized carbons (Fsp3) is 0.529. The van der Waals surface area contributed by atoms with Gasteiger partial charge < -0.3 is 14.9 Å². The molecular weight excluding hydrogens is 280 g/mol. The molecule has 1 aliphatic heterocycles. The van der Waals surface area contributed by atoms with Gasteiger partial charge in [0.05, 0.1) is 12.5 Å². The van der Waals surface area contributed by atoms with Crippen molar-refractivity contribution in [1.29, 1.82) is 0 Å². The third-order valence-corrected chi connectivity index (χ3v) is 4.16. The maximum atomic E-state index is 12.4. The van der Waals surface area contributed by atoms with E-state index in [4.69, 9.17) is 0 Å². The summed E-state index contributed by atoms with van der Waals surface area (Å²) in [6.07, 6.45) is 2.11. The summed E-state index contributed by atoms with van der Waals surface area (Å²) in [4.78, 5) is 27.4. The summed E-state index contributed by atoms with van der Waals surface area (Å²) in [7, 11) is 0. The van der Waals surface area contributed by atoms with Crippen molar-refractivity contribution in [3.05, 3.63) is 29.8 Å². The first-order chi connectivity index (χ1) is 10.5. The van der Waals surface area contributed by atoms with E-state index in [2.05, 4.69) is 0 Å². The summed E-state index contributed by atoms with van der Waals surface area (Å²) < 4.78 is 0. The van der Waals surface area contributed by atoms with Crippen molar-refractivity contribution in [1.82, 2.24) is 4.90 Å². The van der Waals surface area contributed by atoms with Crippen LogP contribution in [-0.2, 0) is 9.59 Å². The molecule has 0 aliphatic carbocycles. The Hall–Kier alpha value is -2.04. The fourth-order valence-corrected chi connectivity index (χ4v) is 2.80. The van der Waals surface area contributed by atoms with E-state index >= 15 is 0 Å². The number of carboxylic acids is 1. The van der Waals surface area contributed by atoms with Gasteiger partial charge in [0, 0.05) is 25.3 Å². The van der Waals surface area contributed by atoms with Crippen LogP contribution in [0.2, 0.25) is 0 Å². The number of nitrogens with zero attached hydrogens (tertiary/aromatic N) is 2. The number of hydrogen-bond acceptors (Lipinski definition) is 3. The van der Waals surface area contributed by atoms with E-state index in [1.807, 2.05) is 41.0 Å². The molecule has 1 aliphatic rings. The van der Waals surface area contributed by atoms with Crippen LogP contribution in [-0.4, -0.2) is 48.1 Å². The van der Waals surface area contributed by atoms with Crippen molar-refractivity contribution < 1.29 is 14.7 Å². The normalized spacial score (nSPS) is 15.6. The lowest BCUT2D eigenvalue weighted by atomic mass is 10.1. The molecule has 0 spiro atoms. The lowest BCUT2D eigenvalue weighted by Crippen LogP contribution is -2.42. The Morgan fingerprint density at radius 3 is 2.50 bits per heavy atom. The molecular formula is C17H24N2O3. The van der Waals surface area contributed by atoms with Gasteiger partial charge in [-0.15, -0.1) is 0 Å². The average Bonchev–Trinajstić information content (AvgIpc) is 3.01. The SMILES string of the molecule is Cc1ccccc1N(CC(=O)N1CCCC1)CC(C)C(=O)O. The van der Waals surface area contributed by atoms with Crippen LogP contribution in [0.4, 0.5) is 5.69 Å². The van der Waals surface area contributed by atoms with E-state index in [1.54, 1.807) is 6.92 Å². The molecule has 1 fully saturated rings. The maximum Gasteiger partial charge on any atom is 0.308 e. The summed E-state index contributed by atoms with van der Waals surface area (Å²) in [5, 5.41) is 9.17. The molecule has 5 nitrogen and oxygen atoms in total. The zero-order chi connectivity index (χ0) is 16.1. The Morgan fingerprint density at radius 1 is 1.27 bits per heavy atom. The van der Waals surface area contributed by atoms with Gasteiger partial charge in [0.15, 0.2) is 0 Å². The van der Waals surface area contributed by atoms with Gasteiger partial charge in [-0.25, -0.2) is 0 Å². The topological polar surface area (TPSA) is 60.9 Å². The summed E-state index contributed by atoms with van der Waals surface area (Å²) >= 11 is 0. The molecule has 1 N–H and O–H groups in total. The smallest absolute Gasteiger partial charge is 0.308 e. The summed E-state index contributed by atoms with van der Waals surface area (Å²) in [5.74, 6) is -1.28. The number of amides is 1. The van der Waals surface area contributed by atoms with Gasteiger partial charge in [-0.1, -0.05) is 25.1 Å². The van der Waals surface area contributed by atoms with Crippen LogP contribution < -0.4 is 4.90 Å². The highest BCUT2D eigenvalue weighted by atomic mass is 16.4. The molecule has 1 aromatic carbocycles. The molecule has 1 amide bonds. The summed E-state index contributed by atoms with van der Waals surface area (Å²) in [6, 6.07) is 7.79. The van der Waals surface area contributed by atoms with Gasteiger partial charge in [0.1, 0.15) is 0 Å². The second-order valence-electron chi connectivity index (χ2n) is 5.99. The van der Waals surface area contributed by atoms with E-state index in [1.165, 1.54) is 0 Å². The van der Waals surface area contributed by atoms with Crippen LogP contribution in [0.1, 0.15) is 25.3 Å². The number of aryl methyl sites for hydroxylation is 1. The molecule has 0 radical (unpaired) electrons. The highest BCUT2D eigenvalue weighted by Gasteiger charge is 2.24. The first kappa shape index (κ1) is 16.3. The third-order valence-electron chi connectivity index (χ3n) is 4.16. The lowest BCUT2D eigenvalue weighted by molar-refractivity contribution is -0.141. The Bertz CT molecular complexity index is 538. The van der Waals surface area contributed by atoms with Crippen LogP contribution in [0.15, 0.2) is 24.3 Å². The van der Waals surface area contributed by atoms with Crippen molar-refractivity contribution in [2.75, 3.05) is 31.1 Å². The largest absolute Gasteiger partial charge is 0.481 e. The van der Waals surface area contributed by atoms with Crippen LogP contribution >= 0.6 is 0 Å². The van der Waals surface area contributed by atoms with Crippen LogP contribution in [0, 0.1) is 12.8 Å². The Kier molecular flexibility index (Phi) is 5.41. The van der Waals surface area contributed by atoms with E-state index in [9.17, 15) is 14.7 Å². The second kappa shape index (κ2) is 7.29. The third kappa shape index (κ3) is 4.00. The molecule has 120 valence electrons. The van der Waals surface area contributed by atoms with E-state index in [-0.39, 0.29) is 12.5 Å². The number of benzene rings is 1. The first-order valence-electron chi connectivity index (χ1n) is 7.80. The number of anilines is 1. The number of aliphatic carboxylic acids is 1. The molecule has 2 rings (SSSR count). The molecule has 0 saturated carbocycles. The molecule has 22 heavy (non-hydrogen) atoms. The van der Waals surface area contributed by atoms with Crippen molar-refractivity contribution in [3.8, 4) is 0 Å². The lowest BCUT2D eigenvalue weighted by Gasteiger charge is -2.29. The van der Waals surface area contributed by atoms with Crippen molar-refractivity contribution in [2.45, 2.75) is 26.7 Å². The molecule has 5 heteroatoms. The number of para-hydroxylation sites is 1. The number of carbonyl (C=O) groups is 2. The molecule has 0 aromatic heterocycles. The fourth-order valence-electron chi connectivity index (χ4n) is 2.80. The van der Waals surface area contributed by atoms with Gasteiger partial charge in [-0.3, -0.25) is 9.59 Å². The quantitative estimate of drug-likeness (QED) is 0.875. The first-order valence-corrected chi connectivity index (χ1v) is 7.80. The second-order valence-corrected chi connectivity index (χ2v) is 5.99.